The maximum atomic E-state index is 4.37. The van der Waals surface area contributed by atoms with Gasteiger partial charge in [0.25, 0.3) is 0 Å². The number of guanidine groups is 1. The Hall–Kier alpha value is -2.09. The molecule has 150 valence electrons. The predicted molar refractivity (Wildman–Crippen MR) is 128 cm³/mol. The summed E-state index contributed by atoms with van der Waals surface area (Å²) in [6.45, 7) is 6.12. The first-order valence-electron chi connectivity index (χ1n) is 9.61. The number of aryl methyl sites for hydroxylation is 2. The third-order valence-corrected chi connectivity index (χ3v) is 4.91. The lowest BCUT2D eigenvalue weighted by atomic mass is 10.00. The van der Waals surface area contributed by atoms with E-state index in [1.165, 1.54) is 16.3 Å². The molecule has 1 heterocycles. The second-order valence-corrected chi connectivity index (χ2v) is 6.81. The van der Waals surface area contributed by atoms with Gasteiger partial charge in [-0.25, -0.2) is 4.98 Å². The van der Waals surface area contributed by atoms with E-state index in [0.29, 0.717) is 0 Å². The number of imidazole rings is 1. The van der Waals surface area contributed by atoms with E-state index in [4.69, 9.17) is 0 Å². The highest BCUT2D eigenvalue weighted by Crippen LogP contribution is 2.23. The Kier molecular flexibility index (Phi) is 8.76. The van der Waals surface area contributed by atoms with Gasteiger partial charge in [0, 0.05) is 32.5 Å². The average molecular weight is 491 g/mol. The lowest BCUT2D eigenvalue weighted by Crippen LogP contribution is -2.39. The number of hydrogen-bond donors (Lipinski definition) is 2. The van der Waals surface area contributed by atoms with Crippen LogP contribution in [0.1, 0.15) is 37.2 Å². The molecule has 28 heavy (non-hydrogen) atoms. The molecular weight excluding hydrogens is 461 g/mol. The van der Waals surface area contributed by atoms with Crippen LogP contribution in [-0.4, -0.2) is 29.1 Å². The van der Waals surface area contributed by atoms with Crippen molar-refractivity contribution in [3.05, 3.63) is 66.2 Å². The third-order valence-electron chi connectivity index (χ3n) is 4.91. The maximum Gasteiger partial charge on any atom is 0.191 e. The van der Waals surface area contributed by atoms with Gasteiger partial charge in [0.15, 0.2) is 5.96 Å². The van der Waals surface area contributed by atoms with Crippen LogP contribution in [0, 0.1) is 6.92 Å². The molecule has 0 radical (unpaired) electrons. The molecule has 0 aliphatic carbocycles. The Morgan fingerprint density at radius 2 is 1.93 bits per heavy atom. The first-order chi connectivity index (χ1) is 13.2. The van der Waals surface area contributed by atoms with Crippen LogP contribution in [0.15, 0.2) is 59.9 Å². The van der Waals surface area contributed by atoms with Crippen LogP contribution in [0.4, 0.5) is 0 Å². The summed E-state index contributed by atoms with van der Waals surface area (Å²) in [5.41, 5.74) is 1.28. The van der Waals surface area contributed by atoms with Crippen molar-refractivity contribution in [1.29, 1.82) is 0 Å². The summed E-state index contributed by atoms with van der Waals surface area (Å²) in [4.78, 5) is 8.63. The minimum absolute atomic E-state index is 0. The lowest BCUT2D eigenvalue weighted by molar-refractivity contribution is 0.585. The molecule has 0 spiro atoms. The zero-order valence-electron chi connectivity index (χ0n) is 16.9. The molecule has 0 amide bonds. The summed E-state index contributed by atoms with van der Waals surface area (Å²) in [7, 11) is 1.82. The van der Waals surface area contributed by atoms with Crippen molar-refractivity contribution in [2.24, 2.45) is 4.99 Å². The summed E-state index contributed by atoms with van der Waals surface area (Å²) in [6.07, 6.45) is 6.09. The fourth-order valence-electron chi connectivity index (χ4n) is 3.36. The highest BCUT2D eigenvalue weighted by Gasteiger charge is 2.10. The summed E-state index contributed by atoms with van der Waals surface area (Å²) >= 11 is 0. The van der Waals surface area contributed by atoms with Gasteiger partial charge >= 0.3 is 0 Å². The summed E-state index contributed by atoms with van der Waals surface area (Å²) in [6, 6.07) is 15.1. The van der Waals surface area contributed by atoms with Crippen molar-refractivity contribution in [2.45, 2.75) is 39.3 Å². The molecule has 2 aromatic carbocycles. The summed E-state index contributed by atoms with van der Waals surface area (Å²) < 4.78 is 2.19. The molecule has 1 aromatic heterocycles. The topological polar surface area (TPSA) is 54.2 Å². The van der Waals surface area contributed by atoms with Crippen molar-refractivity contribution >= 4 is 40.7 Å². The molecular formula is C22H30IN5. The van der Waals surface area contributed by atoms with Gasteiger partial charge in [0.05, 0.1) is 6.04 Å². The first-order valence-corrected chi connectivity index (χ1v) is 9.61. The van der Waals surface area contributed by atoms with E-state index >= 15 is 0 Å². The third kappa shape index (κ3) is 5.70. The van der Waals surface area contributed by atoms with E-state index in [-0.39, 0.29) is 30.0 Å². The van der Waals surface area contributed by atoms with Crippen molar-refractivity contribution in [3.63, 3.8) is 0 Å². The minimum atomic E-state index is 0. The Morgan fingerprint density at radius 1 is 1.14 bits per heavy atom. The van der Waals surface area contributed by atoms with Crippen molar-refractivity contribution in [1.82, 2.24) is 20.2 Å². The largest absolute Gasteiger partial charge is 0.356 e. The van der Waals surface area contributed by atoms with E-state index in [2.05, 4.69) is 74.6 Å². The van der Waals surface area contributed by atoms with Crippen LogP contribution >= 0.6 is 24.0 Å². The number of rotatable bonds is 7. The number of aromatic nitrogens is 2. The molecule has 3 aromatic rings. The van der Waals surface area contributed by atoms with E-state index in [1.54, 1.807) is 0 Å². The predicted octanol–water partition coefficient (Wildman–Crippen LogP) is 4.67. The van der Waals surface area contributed by atoms with E-state index in [9.17, 15) is 0 Å². The zero-order chi connectivity index (χ0) is 19.1. The van der Waals surface area contributed by atoms with Gasteiger partial charge < -0.3 is 15.2 Å². The van der Waals surface area contributed by atoms with Crippen LogP contribution in [0.3, 0.4) is 0 Å². The second-order valence-electron chi connectivity index (χ2n) is 6.81. The number of benzene rings is 2. The van der Waals surface area contributed by atoms with Crippen molar-refractivity contribution < 1.29 is 0 Å². The molecule has 1 unspecified atom stereocenters. The first kappa shape index (κ1) is 22.2. The van der Waals surface area contributed by atoms with E-state index in [0.717, 1.165) is 37.7 Å². The summed E-state index contributed by atoms with van der Waals surface area (Å²) in [5, 5.41) is 9.49. The van der Waals surface area contributed by atoms with Crippen LogP contribution in [0.2, 0.25) is 0 Å². The van der Waals surface area contributed by atoms with E-state index in [1.807, 2.05) is 26.4 Å². The van der Waals surface area contributed by atoms with Gasteiger partial charge in [-0.2, -0.15) is 0 Å². The van der Waals surface area contributed by atoms with Crippen molar-refractivity contribution in [2.75, 3.05) is 13.6 Å². The Labute approximate surface area is 184 Å². The van der Waals surface area contributed by atoms with Crippen LogP contribution in [0.5, 0.6) is 0 Å². The number of aliphatic imine (C=N–C) groups is 1. The van der Waals surface area contributed by atoms with Gasteiger partial charge in [-0.15, -0.1) is 24.0 Å². The van der Waals surface area contributed by atoms with Gasteiger partial charge in [-0.05, 0) is 43.0 Å². The highest BCUT2D eigenvalue weighted by atomic mass is 127. The van der Waals surface area contributed by atoms with Gasteiger partial charge in [0.1, 0.15) is 5.82 Å². The zero-order valence-corrected chi connectivity index (χ0v) is 19.2. The second kappa shape index (κ2) is 11.0. The molecule has 0 saturated heterocycles. The smallest absolute Gasteiger partial charge is 0.191 e. The standard InChI is InChI=1S/C22H29N5.HI/c1-17(20-12-8-10-19-9-4-5-11-21(19)20)26-22(23-3)25-13-6-7-15-27-16-14-24-18(27)2;/h4-5,8-12,14,16-17H,6-7,13,15H2,1-3H3,(H2,23,25,26);1H. The highest BCUT2D eigenvalue weighted by molar-refractivity contribution is 14.0. The Bertz CT molecular complexity index is 897. The van der Waals surface area contributed by atoms with Gasteiger partial charge in [0.2, 0.25) is 0 Å². The van der Waals surface area contributed by atoms with Crippen LogP contribution in [0.25, 0.3) is 10.8 Å². The van der Waals surface area contributed by atoms with Crippen LogP contribution in [-0.2, 0) is 6.54 Å². The molecule has 0 aliphatic rings. The minimum Gasteiger partial charge on any atom is -0.356 e. The van der Waals surface area contributed by atoms with Gasteiger partial charge in [-0.1, -0.05) is 42.5 Å². The van der Waals surface area contributed by atoms with E-state index < -0.39 is 0 Å². The molecule has 0 saturated carbocycles. The fourth-order valence-corrected chi connectivity index (χ4v) is 3.36. The molecule has 3 rings (SSSR count). The molecule has 1 atom stereocenters. The quantitative estimate of drug-likeness (QED) is 0.219. The number of nitrogens with one attached hydrogen (secondary N) is 2. The fraction of sp³-hybridized carbons (Fsp3) is 0.364. The lowest BCUT2D eigenvalue weighted by Gasteiger charge is -2.20. The molecule has 2 N–H and O–H groups in total. The van der Waals surface area contributed by atoms with Crippen molar-refractivity contribution in [3.8, 4) is 0 Å². The molecule has 6 heteroatoms. The SMILES string of the molecule is CN=C(NCCCCn1ccnc1C)NC(C)c1cccc2ccccc12.I. The molecule has 0 aliphatic heterocycles. The number of nitrogens with zero attached hydrogens (tertiary/aromatic N) is 3. The maximum absolute atomic E-state index is 4.37. The number of fused-ring (bicyclic) bond motifs is 1. The number of unbranched alkanes of at least 4 members (excludes halogenated alkanes) is 1. The number of halogens is 1. The van der Waals surface area contributed by atoms with Gasteiger partial charge in [-0.3, -0.25) is 4.99 Å². The molecule has 0 fully saturated rings. The Morgan fingerprint density at radius 3 is 2.68 bits per heavy atom. The molecule has 0 bridgehead atoms. The van der Waals surface area contributed by atoms with Crippen LogP contribution < -0.4 is 10.6 Å². The normalized spacial score (nSPS) is 12.5. The molecule has 5 nitrogen and oxygen atoms in total. The average Bonchev–Trinajstić information content (AvgIpc) is 3.11. The Balaban J connectivity index is 0.00000280. The monoisotopic (exact) mass is 491 g/mol. The number of hydrogen-bond acceptors (Lipinski definition) is 2. The summed E-state index contributed by atoms with van der Waals surface area (Å²) in [5.74, 6) is 1.92.